The van der Waals surface area contributed by atoms with Crippen molar-refractivity contribution in [1.82, 2.24) is 20.7 Å². The largest absolute Gasteiger partial charge is 0.375 e. The first-order chi connectivity index (χ1) is 20.4. The van der Waals surface area contributed by atoms with Gasteiger partial charge in [-0.15, -0.1) is 6.58 Å². The number of aliphatic hydroxyl groups is 1. The van der Waals surface area contributed by atoms with Gasteiger partial charge in [0.1, 0.15) is 12.1 Å². The van der Waals surface area contributed by atoms with Gasteiger partial charge in [-0.1, -0.05) is 39.6 Å². The third-order valence-corrected chi connectivity index (χ3v) is 7.11. The molecule has 11 heteroatoms. The summed E-state index contributed by atoms with van der Waals surface area (Å²) in [5.74, 6) is -0.135. The van der Waals surface area contributed by atoms with Crippen molar-refractivity contribution in [2.24, 2.45) is 10.2 Å². The summed E-state index contributed by atoms with van der Waals surface area (Å²) in [7, 11) is 7.11. The maximum atomic E-state index is 13.4. The highest BCUT2D eigenvalue weighted by molar-refractivity contribution is 7.18. The minimum absolute atomic E-state index is 0.0784. The number of halogens is 3. The molecule has 0 saturated carbocycles. The molecule has 1 aliphatic carbocycles. The maximum absolute atomic E-state index is 13.4. The molecule has 1 heterocycles. The normalized spacial score (nSPS) is 16.7. The minimum Gasteiger partial charge on any atom is -0.375 e. The first-order valence-electron chi connectivity index (χ1n) is 14.7. The van der Waals surface area contributed by atoms with Gasteiger partial charge >= 0.3 is 0 Å². The number of hydrazone groups is 1. The Kier molecular flexibility index (Phi) is 15.9. The molecule has 3 atom stereocenters. The van der Waals surface area contributed by atoms with E-state index in [1.165, 1.54) is 0 Å². The Morgan fingerprint density at radius 1 is 1.28 bits per heavy atom. The Labute approximate surface area is 256 Å². The fraction of sp³-hybridized carbons (Fsp3) is 0.500. The molecule has 2 aliphatic rings. The van der Waals surface area contributed by atoms with Crippen molar-refractivity contribution in [3.05, 3.63) is 82.7 Å². The monoisotopic (exact) mass is 620 g/mol. The fourth-order valence-electron chi connectivity index (χ4n) is 4.26. The van der Waals surface area contributed by atoms with Crippen LogP contribution in [0.3, 0.4) is 0 Å². The summed E-state index contributed by atoms with van der Waals surface area (Å²) in [6.07, 6.45) is 13.8. The van der Waals surface area contributed by atoms with Crippen molar-refractivity contribution < 1.29 is 18.3 Å². The van der Waals surface area contributed by atoms with E-state index in [0.29, 0.717) is 32.4 Å². The van der Waals surface area contributed by atoms with E-state index in [1.54, 1.807) is 34.5 Å². The SMILES string of the molecule is C=CC(C)N/N=C(\C/C=C/C(O)NC)c1ccc2c(c1)=CCN(C)N=2.CN(CCCCC(F)(F)P)CC1=CCCC=C1F. The van der Waals surface area contributed by atoms with Crippen LogP contribution in [0, 0.1) is 0 Å². The Balaban J connectivity index is 0.000000317. The van der Waals surface area contributed by atoms with E-state index in [-0.39, 0.29) is 18.3 Å². The van der Waals surface area contributed by atoms with E-state index in [0.717, 1.165) is 46.8 Å². The molecule has 0 bridgehead atoms. The van der Waals surface area contributed by atoms with Crippen molar-refractivity contribution in [2.45, 2.75) is 63.4 Å². The molecule has 3 N–H and O–H groups in total. The summed E-state index contributed by atoms with van der Waals surface area (Å²) in [6.45, 7) is 7.82. The fourth-order valence-corrected chi connectivity index (χ4v) is 4.46. The third kappa shape index (κ3) is 14.5. The molecule has 3 rings (SSSR count). The zero-order chi connectivity index (χ0) is 31.8. The number of hydrogen-bond acceptors (Lipinski definition) is 7. The summed E-state index contributed by atoms with van der Waals surface area (Å²) >= 11 is 0. The number of alkyl halides is 2. The zero-order valence-electron chi connectivity index (χ0n) is 25.9. The van der Waals surface area contributed by atoms with Crippen LogP contribution in [0.1, 0.15) is 51.0 Å². The standard InChI is InChI=1S/C19H27N5O.C13H21F3NP/c1-5-14(2)21-22-17(7-6-8-19(25)20-3)15-9-10-18-16(13-15)11-12-24(4)23-18;1-17(9-5-4-8-13(15,16)18)10-11-6-2-3-7-12(11)14/h5-6,8-11,13-14,19-21,25H,1,7,12H2,2-4H3;6-7H,2-5,8-10,18H2,1H3/b8-6+,22-17+;. The summed E-state index contributed by atoms with van der Waals surface area (Å²) < 4.78 is 38.5. The molecule has 3 unspecified atom stereocenters. The van der Waals surface area contributed by atoms with E-state index < -0.39 is 11.9 Å². The number of benzene rings is 1. The average Bonchev–Trinajstić information content (AvgIpc) is 2.97. The van der Waals surface area contributed by atoms with Crippen LogP contribution in [0.25, 0.3) is 6.08 Å². The summed E-state index contributed by atoms with van der Waals surface area (Å²) in [4.78, 5) is 1.98. The van der Waals surface area contributed by atoms with E-state index >= 15 is 0 Å². The molecule has 43 heavy (non-hydrogen) atoms. The Bertz CT molecular complexity index is 1270. The molecule has 0 saturated heterocycles. The number of likely N-dealkylation sites (N-methyl/N-ethyl adjacent to an activating group) is 2. The van der Waals surface area contributed by atoms with Crippen LogP contribution < -0.4 is 21.3 Å². The number of nitrogens with one attached hydrogen (secondary N) is 2. The molecule has 0 radical (unpaired) electrons. The summed E-state index contributed by atoms with van der Waals surface area (Å²) in [6, 6.07) is 6.22. The van der Waals surface area contributed by atoms with E-state index in [1.807, 2.05) is 55.2 Å². The van der Waals surface area contributed by atoms with Gasteiger partial charge < -0.3 is 15.4 Å². The van der Waals surface area contributed by atoms with Crippen molar-refractivity contribution >= 4 is 21.0 Å². The Morgan fingerprint density at radius 3 is 2.70 bits per heavy atom. The highest BCUT2D eigenvalue weighted by Crippen LogP contribution is 2.28. The molecule has 0 aromatic heterocycles. The summed E-state index contributed by atoms with van der Waals surface area (Å²) in [5.41, 5.74) is 3.08. The predicted octanol–water partition coefficient (Wildman–Crippen LogP) is 4.43. The number of aliphatic hydroxyl groups excluding tert-OH is 1. The van der Waals surface area contributed by atoms with Crippen LogP contribution in [-0.4, -0.2) is 79.4 Å². The molecule has 1 aromatic rings. The molecule has 1 aliphatic heterocycles. The zero-order valence-corrected chi connectivity index (χ0v) is 27.0. The number of rotatable bonds is 15. The number of fused-ring (bicyclic) bond motifs is 1. The second-order valence-electron chi connectivity index (χ2n) is 10.8. The van der Waals surface area contributed by atoms with Gasteiger partial charge in [0, 0.05) is 31.7 Å². The smallest absolute Gasteiger partial charge is 0.259 e. The molecule has 238 valence electrons. The molecular formula is C32H48F3N6OP. The molecule has 0 fully saturated rings. The number of hydrogen-bond donors (Lipinski definition) is 3. The Morgan fingerprint density at radius 2 is 2.02 bits per heavy atom. The van der Waals surface area contributed by atoms with Gasteiger partial charge in [-0.2, -0.15) is 10.2 Å². The molecule has 1 aromatic carbocycles. The lowest BCUT2D eigenvalue weighted by Crippen LogP contribution is -2.35. The number of allylic oxidation sites excluding steroid dienone is 3. The van der Waals surface area contributed by atoms with Gasteiger partial charge in [-0.25, -0.2) is 13.2 Å². The van der Waals surface area contributed by atoms with Crippen molar-refractivity contribution in [3.63, 3.8) is 0 Å². The van der Waals surface area contributed by atoms with Crippen LogP contribution in [0.15, 0.2) is 76.8 Å². The Hall–Kier alpha value is -2.78. The maximum Gasteiger partial charge on any atom is 0.259 e. The van der Waals surface area contributed by atoms with Gasteiger partial charge in [0.25, 0.3) is 5.66 Å². The third-order valence-electron chi connectivity index (χ3n) is 6.82. The quantitative estimate of drug-likeness (QED) is 0.0676. The lowest BCUT2D eigenvalue weighted by Gasteiger charge is -2.20. The van der Waals surface area contributed by atoms with Gasteiger partial charge in [-0.3, -0.25) is 10.3 Å². The van der Waals surface area contributed by atoms with Gasteiger partial charge in [-0.05, 0) is 88.7 Å². The van der Waals surface area contributed by atoms with E-state index in [9.17, 15) is 18.3 Å². The van der Waals surface area contributed by atoms with Crippen LogP contribution in [0.4, 0.5) is 13.2 Å². The van der Waals surface area contributed by atoms with E-state index in [2.05, 4.69) is 39.7 Å². The van der Waals surface area contributed by atoms with Crippen LogP contribution in [-0.2, 0) is 0 Å². The van der Waals surface area contributed by atoms with E-state index in [4.69, 9.17) is 0 Å². The van der Waals surface area contributed by atoms with Gasteiger partial charge in [0.05, 0.1) is 23.7 Å². The van der Waals surface area contributed by atoms with Crippen molar-refractivity contribution in [1.29, 1.82) is 0 Å². The first kappa shape index (κ1) is 36.4. The van der Waals surface area contributed by atoms with Gasteiger partial charge in [0.2, 0.25) is 0 Å². The molecular weight excluding hydrogens is 572 g/mol. The van der Waals surface area contributed by atoms with Crippen LogP contribution in [0.5, 0.6) is 0 Å². The second kappa shape index (κ2) is 18.8. The molecule has 7 nitrogen and oxygen atoms in total. The first-order valence-corrected chi connectivity index (χ1v) is 15.3. The van der Waals surface area contributed by atoms with Crippen LogP contribution in [0.2, 0.25) is 0 Å². The molecule has 0 amide bonds. The van der Waals surface area contributed by atoms with Crippen LogP contribution >= 0.6 is 9.24 Å². The van der Waals surface area contributed by atoms with Crippen molar-refractivity contribution in [3.8, 4) is 0 Å². The predicted molar refractivity (Wildman–Crippen MR) is 175 cm³/mol. The number of unbranched alkanes of at least 4 members (excludes halogenated alkanes) is 1. The lowest BCUT2D eigenvalue weighted by atomic mass is 10.1. The summed E-state index contributed by atoms with van der Waals surface area (Å²) in [5, 5.41) is 25.4. The average molecular weight is 621 g/mol. The topological polar surface area (TPSA) is 75.5 Å². The molecule has 0 spiro atoms. The lowest BCUT2D eigenvalue weighted by molar-refractivity contribution is 0.0902. The highest BCUT2D eigenvalue weighted by Gasteiger charge is 2.20. The van der Waals surface area contributed by atoms with Crippen molar-refractivity contribution in [2.75, 3.05) is 40.8 Å². The highest BCUT2D eigenvalue weighted by atomic mass is 31.0. The van der Waals surface area contributed by atoms with Gasteiger partial charge in [0.15, 0.2) is 0 Å². The number of nitrogens with zero attached hydrogens (tertiary/aromatic N) is 4. The second-order valence-corrected chi connectivity index (χ2v) is 11.7. The minimum atomic E-state index is -2.65.